The van der Waals surface area contributed by atoms with Crippen LogP contribution >= 0.6 is 11.6 Å². The number of likely N-dealkylation sites (tertiary alicyclic amines) is 1. The van der Waals surface area contributed by atoms with Crippen LogP contribution in [0, 0.1) is 0 Å². The minimum Gasteiger partial charge on any atom is -0.507 e. The predicted molar refractivity (Wildman–Crippen MR) is 126 cm³/mol. The summed E-state index contributed by atoms with van der Waals surface area (Å²) >= 11 is 6.18. The Bertz CT molecular complexity index is 1060. The first-order valence-corrected chi connectivity index (χ1v) is 11.1. The van der Waals surface area contributed by atoms with Gasteiger partial charge < -0.3 is 24.2 Å². The molecule has 1 unspecified atom stereocenters. The molecule has 1 aliphatic heterocycles. The predicted octanol–water partition coefficient (Wildman–Crippen LogP) is 4.59. The fraction of sp³-hybridized carbons (Fsp3) is 0.360. The molecule has 2 aromatic carbocycles. The molecule has 7 nitrogen and oxygen atoms in total. The van der Waals surface area contributed by atoms with E-state index in [1.54, 1.807) is 42.5 Å². The van der Waals surface area contributed by atoms with Gasteiger partial charge in [0.1, 0.15) is 17.3 Å². The highest BCUT2D eigenvalue weighted by molar-refractivity contribution is 6.46. The molecule has 1 amide bonds. The molecule has 2 aromatic rings. The second-order valence-corrected chi connectivity index (χ2v) is 8.17. The number of Topliss-reactive ketones (excluding diaryl/α,β-unsaturated/α-hetero) is 1. The zero-order valence-corrected chi connectivity index (χ0v) is 19.9. The Balaban J connectivity index is 2.13. The average molecular weight is 474 g/mol. The standard InChI is InChI=1S/C25H28ClNO6/c1-5-32-20-14-17(9-10-19(20)26)23(28)21-22(16-7-6-8-18(13-16)31-4)27(25(30)24(21)29)11-12-33-15(2)3/h6-10,13-15,22,28H,5,11-12H2,1-4H3/b23-21-. The monoisotopic (exact) mass is 473 g/mol. The molecule has 0 bridgehead atoms. The third-order valence-electron chi connectivity index (χ3n) is 5.24. The van der Waals surface area contributed by atoms with Crippen molar-refractivity contribution in [3.63, 3.8) is 0 Å². The number of ether oxygens (including phenoxy) is 3. The van der Waals surface area contributed by atoms with Gasteiger partial charge in [0.05, 0.1) is 43.1 Å². The quantitative estimate of drug-likeness (QED) is 0.325. The normalized spacial score (nSPS) is 17.6. The summed E-state index contributed by atoms with van der Waals surface area (Å²) in [6, 6.07) is 11.0. The molecule has 1 atom stereocenters. The van der Waals surface area contributed by atoms with Crippen LogP contribution in [0.15, 0.2) is 48.0 Å². The van der Waals surface area contributed by atoms with E-state index in [1.807, 2.05) is 20.8 Å². The lowest BCUT2D eigenvalue weighted by atomic mass is 9.95. The van der Waals surface area contributed by atoms with Gasteiger partial charge in [-0.25, -0.2) is 0 Å². The third-order valence-corrected chi connectivity index (χ3v) is 5.55. The highest BCUT2D eigenvalue weighted by Crippen LogP contribution is 2.41. The minimum atomic E-state index is -0.804. The van der Waals surface area contributed by atoms with E-state index in [-0.39, 0.29) is 30.6 Å². The largest absolute Gasteiger partial charge is 0.507 e. The summed E-state index contributed by atoms with van der Waals surface area (Å²) in [7, 11) is 1.54. The molecule has 3 rings (SSSR count). The van der Waals surface area contributed by atoms with Crippen molar-refractivity contribution in [3.05, 3.63) is 64.2 Å². The van der Waals surface area contributed by atoms with Gasteiger partial charge in [-0.2, -0.15) is 0 Å². The number of methoxy groups -OCH3 is 1. The van der Waals surface area contributed by atoms with Gasteiger partial charge in [0.2, 0.25) is 0 Å². The van der Waals surface area contributed by atoms with Gasteiger partial charge in [-0.3, -0.25) is 9.59 Å². The molecule has 176 valence electrons. The smallest absolute Gasteiger partial charge is 0.295 e. The molecule has 1 fully saturated rings. The Morgan fingerprint density at radius 2 is 1.94 bits per heavy atom. The summed E-state index contributed by atoms with van der Waals surface area (Å²) in [5.74, 6) is -0.818. The first kappa shape index (κ1) is 24.6. The van der Waals surface area contributed by atoms with Crippen LogP contribution in [-0.4, -0.2) is 54.7 Å². The summed E-state index contributed by atoms with van der Waals surface area (Å²) in [4.78, 5) is 27.5. The zero-order valence-electron chi connectivity index (χ0n) is 19.1. The van der Waals surface area contributed by atoms with E-state index in [9.17, 15) is 14.7 Å². The van der Waals surface area contributed by atoms with E-state index in [4.69, 9.17) is 25.8 Å². The summed E-state index contributed by atoms with van der Waals surface area (Å²) in [6.07, 6.45) is -0.0249. The summed E-state index contributed by atoms with van der Waals surface area (Å²) in [6.45, 7) is 6.42. The Labute approximate surface area is 198 Å². The lowest BCUT2D eigenvalue weighted by Crippen LogP contribution is -2.33. The number of rotatable bonds is 9. The maximum absolute atomic E-state index is 13.1. The van der Waals surface area contributed by atoms with Crippen molar-refractivity contribution in [1.29, 1.82) is 0 Å². The van der Waals surface area contributed by atoms with E-state index in [0.717, 1.165) is 0 Å². The number of carbonyl (C=O) groups is 2. The van der Waals surface area contributed by atoms with Gasteiger partial charge in [-0.15, -0.1) is 0 Å². The first-order chi connectivity index (χ1) is 15.8. The van der Waals surface area contributed by atoms with Crippen LogP contribution in [0.2, 0.25) is 5.02 Å². The van der Waals surface area contributed by atoms with Crippen LogP contribution in [0.1, 0.15) is 37.9 Å². The first-order valence-electron chi connectivity index (χ1n) is 10.7. The van der Waals surface area contributed by atoms with Gasteiger partial charge in [-0.05, 0) is 56.7 Å². The molecule has 0 saturated carbocycles. The van der Waals surface area contributed by atoms with E-state index in [0.29, 0.717) is 34.3 Å². The molecule has 0 aliphatic carbocycles. The Kier molecular flexibility index (Phi) is 8.00. The number of carbonyl (C=O) groups excluding carboxylic acids is 2. The van der Waals surface area contributed by atoms with Crippen LogP contribution < -0.4 is 9.47 Å². The lowest BCUT2D eigenvalue weighted by molar-refractivity contribution is -0.140. The number of benzene rings is 2. The number of nitrogens with zero attached hydrogens (tertiary/aromatic N) is 1. The summed E-state index contributed by atoms with van der Waals surface area (Å²) < 4.78 is 16.5. The van der Waals surface area contributed by atoms with Crippen molar-refractivity contribution in [3.8, 4) is 11.5 Å². The van der Waals surface area contributed by atoms with Crippen LogP contribution in [-0.2, 0) is 14.3 Å². The van der Waals surface area contributed by atoms with Crippen molar-refractivity contribution in [2.75, 3.05) is 26.9 Å². The van der Waals surface area contributed by atoms with Crippen LogP contribution in [0.5, 0.6) is 11.5 Å². The fourth-order valence-corrected chi connectivity index (χ4v) is 3.90. The third kappa shape index (κ3) is 5.31. The minimum absolute atomic E-state index is 0.0115. The van der Waals surface area contributed by atoms with E-state index < -0.39 is 17.7 Å². The van der Waals surface area contributed by atoms with E-state index >= 15 is 0 Å². The van der Waals surface area contributed by atoms with E-state index in [1.165, 1.54) is 12.0 Å². The molecule has 0 radical (unpaired) electrons. The number of hydrogen-bond donors (Lipinski definition) is 1. The van der Waals surface area contributed by atoms with E-state index in [2.05, 4.69) is 0 Å². The summed E-state index contributed by atoms with van der Waals surface area (Å²) in [5, 5.41) is 11.6. The second-order valence-electron chi connectivity index (χ2n) is 7.77. The molecular weight excluding hydrogens is 446 g/mol. The van der Waals surface area contributed by atoms with Gasteiger partial charge in [0, 0.05) is 12.1 Å². The van der Waals surface area contributed by atoms with Crippen LogP contribution in [0.25, 0.3) is 5.76 Å². The van der Waals surface area contributed by atoms with Gasteiger partial charge in [0.25, 0.3) is 11.7 Å². The highest BCUT2D eigenvalue weighted by atomic mass is 35.5. The molecule has 33 heavy (non-hydrogen) atoms. The topological polar surface area (TPSA) is 85.3 Å². The molecule has 0 spiro atoms. The van der Waals surface area contributed by atoms with Crippen LogP contribution in [0.4, 0.5) is 0 Å². The molecule has 0 aromatic heterocycles. The highest BCUT2D eigenvalue weighted by Gasteiger charge is 2.46. The Hall–Kier alpha value is -3.03. The number of aliphatic hydroxyl groups is 1. The van der Waals surface area contributed by atoms with Crippen molar-refractivity contribution in [2.24, 2.45) is 0 Å². The Morgan fingerprint density at radius 1 is 1.18 bits per heavy atom. The number of aliphatic hydroxyl groups excluding tert-OH is 1. The second kappa shape index (κ2) is 10.7. The van der Waals surface area contributed by atoms with Gasteiger partial charge in [0.15, 0.2) is 0 Å². The maximum atomic E-state index is 13.1. The molecule has 1 aliphatic rings. The van der Waals surface area contributed by atoms with Gasteiger partial charge >= 0.3 is 0 Å². The van der Waals surface area contributed by atoms with Gasteiger partial charge in [-0.1, -0.05) is 23.7 Å². The van der Waals surface area contributed by atoms with Crippen molar-refractivity contribution >= 4 is 29.1 Å². The molecule has 1 saturated heterocycles. The lowest BCUT2D eigenvalue weighted by Gasteiger charge is -2.26. The molecule has 1 N–H and O–H groups in total. The number of halogens is 1. The number of ketones is 1. The molecule has 1 heterocycles. The number of hydrogen-bond acceptors (Lipinski definition) is 6. The van der Waals surface area contributed by atoms with Crippen molar-refractivity contribution < 1.29 is 28.9 Å². The molecule has 8 heteroatoms. The van der Waals surface area contributed by atoms with Crippen molar-refractivity contribution in [1.82, 2.24) is 4.90 Å². The maximum Gasteiger partial charge on any atom is 0.295 e. The summed E-state index contributed by atoms with van der Waals surface area (Å²) in [5.41, 5.74) is 0.952. The molecular formula is C25H28ClNO6. The SMILES string of the molecule is CCOc1cc(/C(O)=C2/C(=O)C(=O)N(CCOC(C)C)C2c2cccc(OC)c2)ccc1Cl. The fourth-order valence-electron chi connectivity index (χ4n) is 3.73. The Morgan fingerprint density at radius 3 is 2.61 bits per heavy atom. The average Bonchev–Trinajstić information content (AvgIpc) is 3.05. The zero-order chi connectivity index (χ0) is 24.1. The van der Waals surface area contributed by atoms with Crippen LogP contribution in [0.3, 0.4) is 0 Å². The van der Waals surface area contributed by atoms with Crippen molar-refractivity contribution in [2.45, 2.75) is 32.9 Å². The number of amides is 1.